The van der Waals surface area contributed by atoms with Gasteiger partial charge in [-0.15, -0.1) is 11.3 Å². The maximum atomic E-state index is 13.5. The highest BCUT2D eigenvalue weighted by Crippen LogP contribution is 2.33. The summed E-state index contributed by atoms with van der Waals surface area (Å²) >= 11 is 2.87. The van der Waals surface area contributed by atoms with Crippen LogP contribution in [0.25, 0.3) is 6.08 Å². The van der Waals surface area contributed by atoms with Crippen LogP contribution in [0, 0.1) is 0 Å². The molecule has 1 aliphatic rings. The van der Waals surface area contributed by atoms with Gasteiger partial charge in [0.15, 0.2) is 4.80 Å². The van der Waals surface area contributed by atoms with E-state index < -0.39 is 6.04 Å². The first-order valence-electron chi connectivity index (χ1n) is 10.1. The van der Waals surface area contributed by atoms with Crippen LogP contribution >= 0.6 is 22.7 Å². The van der Waals surface area contributed by atoms with E-state index in [9.17, 15) is 9.59 Å². The Hall–Kier alpha value is -3.55. The van der Waals surface area contributed by atoms with Crippen molar-refractivity contribution in [2.75, 3.05) is 5.32 Å². The third-order valence-corrected chi connectivity index (χ3v) is 7.12. The van der Waals surface area contributed by atoms with E-state index in [0.717, 1.165) is 10.4 Å². The second-order valence-electron chi connectivity index (χ2n) is 7.33. The lowest BCUT2D eigenvalue weighted by molar-refractivity contribution is -0.113. The summed E-state index contributed by atoms with van der Waals surface area (Å²) in [4.78, 5) is 33.0. The molecule has 0 saturated carbocycles. The Morgan fingerprint density at radius 1 is 1.03 bits per heavy atom. The first kappa shape index (κ1) is 20.4. The average molecular weight is 458 g/mol. The summed E-state index contributed by atoms with van der Waals surface area (Å²) in [7, 11) is 0. The minimum atomic E-state index is -0.520. The fourth-order valence-corrected chi connectivity index (χ4v) is 5.62. The Morgan fingerprint density at radius 3 is 2.44 bits per heavy atom. The van der Waals surface area contributed by atoms with Crippen molar-refractivity contribution in [3.63, 3.8) is 0 Å². The number of allylic oxidation sites excluding steroid dienone is 1. The Bertz CT molecular complexity index is 1480. The number of fused-ring (bicyclic) bond motifs is 1. The molecule has 1 amide bonds. The zero-order chi connectivity index (χ0) is 22.1. The molecule has 2 aromatic carbocycles. The molecule has 0 fully saturated rings. The van der Waals surface area contributed by atoms with Crippen molar-refractivity contribution < 1.29 is 4.79 Å². The molecule has 32 heavy (non-hydrogen) atoms. The van der Waals surface area contributed by atoms with Gasteiger partial charge in [0, 0.05) is 10.6 Å². The predicted octanol–water partition coefficient (Wildman–Crippen LogP) is 3.94. The van der Waals surface area contributed by atoms with Crippen molar-refractivity contribution in [2.45, 2.75) is 13.0 Å². The lowest BCUT2D eigenvalue weighted by atomic mass is 10.0. The topological polar surface area (TPSA) is 63.5 Å². The molecule has 0 aliphatic carbocycles. The van der Waals surface area contributed by atoms with Gasteiger partial charge in [-0.2, -0.15) is 0 Å². The van der Waals surface area contributed by atoms with Crippen molar-refractivity contribution in [1.82, 2.24) is 4.57 Å². The van der Waals surface area contributed by atoms with Gasteiger partial charge in [0.05, 0.1) is 15.8 Å². The summed E-state index contributed by atoms with van der Waals surface area (Å²) in [5.41, 5.74) is 2.60. The number of hydrogen-bond acceptors (Lipinski definition) is 5. The van der Waals surface area contributed by atoms with Crippen molar-refractivity contribution in [2.24, 2.45) is 4.99 Å². The molecule has 4 aromatic rings. The van der Waals surface area contributed by atoms with Gasteiger partial charge in [-0.05, 0) is 42.1 Å². The van der Waals surface area contributed by atoms with Gasteiger partial charge in [0.25, 0.3) is 11.5 Å². The Kier molecular flexibility index (Phi) is 5.43. The van der Waals surface area contributed by atoms with Gasteiger partial charge in [-0.25, -0.2) is 4.99 Å². The monoisotopic (exact) mass is 457 g/mol. The molecule has 1 atom stereocenters. The molecule has 158 valence electrons. The van der Waals surface area contributed by atoms with Crippen molar-refractivity contribution >= 4 is 40.3 Å². The summed E-state index contributed by atoms with van der Waals surface area (Å²) < 4.78 is 2.24. The third kappa shape index (κ3) is 3.77. The van der Waals surface area contributed by atoms with E-state index in [-0.39, 0.29) is 11.5 Å². The number of hydrogen-bond donors (Lipinski definition) is 1. The van der Waals surface area contributed by atoms with Crippen LogP contribution in [0.3, 0.4) is 0 Å². The normalized spacial score (nSPS) is 15.9. The fourth-order valence-electron chi connectivity index (χ4n) is 3.75. The summed E-state index contributed by atoms with van der Waals surface area (Å²) in [5.74, 6) is -0.256. The van der Waals surface area contributed by atoms with Gasteiger partial charge < -0.3 is 5.32 Å². The highest BCUT2D eigenvalue weighted by atomic mass is 32.1. The number of benzene rings is 2. The minimum absolute atomic E-state index is 0.145. The number of amides is 1. The molecular weight excluding hydrogens is 438 g/mol. The van der Waals surface area contributed by atoms with Crippen LogP contribution in [0.15, 0.2) is 99.2 Å². The number of nitrogens with one attached hydrogen (secondary N) is 1. The number of nitrogens with zero attached hydrogens (tertiary/aromatic N) is 2. The smallest absolute Gasteiger partial charge is 0.271 e. The Labute approximate surface area is 192 Å². The molecule has 0 unspecified atom stereocenters. The Balaban J connectivity index is 1.66. The van der Waals surface area contributed by atoms with Gasteiger partial charge in [-0.3, -0.25) is 14.2 Å². The zero-order valence-electron chi connectivity index (χ0n) is 17.2. The SMILES string of the molecule is CC1=C(C(=O)Nc2ccccc2)[C@@H](c2cccs2)n2c(s/c(=C/c3ccccc3)c2=O)=N1. The van der Waals surface area contributed by atoms with Crippen molar-refractivity contribution in [1.29, 1.82) is 0 Å². The number of para-hydroxylation sites is 1. The summed E-state index contributed by atoms with van der Waals surface area (Å²) in [5, 5.41) is 4.91. The van der Waals surface area contributed by atoms with E-state index in [1.807, 2.05) is 91.2 Å². The molecule has 7 heteroatoms. The van der Waals surface area contributed by atoms with E-state index in [1.54, 1.807) is 4.57 Å². The number of aromatic nitrogens is 1. The van der Waals surface area contributed by atoms with Gasteiger partial charge in [-0.1, -0.05) is 65.9 Å². The van der Waals surface area contributed by atoms with Crippen LogP contribution in [0.4, 0.5) is 5.69 Å². The number of thiazole rings is 1. The second-order valence-corrected chi connectivity index (χ2v) is 9.32. The molecule has 0 radical (unpaired) electrons. The molecule has 5 nitrogen and oxygen atoms in total. The van der Waals surface area contributed by atoms with E-state index in [0.29, 0.717) is 26.3 Å². The molecule has 2 aromatic heterocycles. The summed E-state index contributed by atoms with van der Waals surface area (Å²) in [6.07, 6.45) is 1.87. The van der Waals surface area contributed by atoms with Crippen molar-refractivity contribution in [3.05, 3.63) is 120 Å². The highest BCUT2D eigenvalue weighted by molar-refractivity contribution is 7.10. The second kappa shape index (κ2) is 8.53. The van der Waals surface area contributed by atoms with Gasteiger partial charge in [0.2, 0.25) is 0 Å². The van der Waals surface area contributed by atoms with E-state index in [2.05, 4.69) is 10.3 Å². The third-order valence-electron chi connectivity index (χ3n) is 5.21. The van der Waals surface area contributed by atoms with Crippen molar-refractivity contribution in [3.8, 4) is 0 Å². The number of anilines is 1. The standard InChI is InChI=1S/C25H19N3O2S2/c1-16-21(23(29)27-18-11-6-3-7-12-18)22(19-13-8-14-31-19)28-24(30)20(32-25(28)26-16)15-17-9-4-2-5-10-17/h2-15,22H,1H3,(H,27,29)/b20-15+/t22-/m1/s1. The van der Waals surface area contributed by atoms with Crippen LogP contribution in [0.5, 0.6) is 0 Å². The molecule has 0 saturated heterocycles. The molecule has 0 spiro atoms. The van der Waals surface area contributed by atoms with Crippen LogP contribution in [-0.2, 0) is 4.79 Å². The number of carbonyl (C=O) groups excluding carboxylic acids is 1. The van der Waals surface area contributed by atoms with E-state index in [1.165, 1.54) is 22.7 Å². The van der Waals surface area contributed by atoms with Crippen LogP contribution in [0.1, 0.15) is 23.4 Å². The molecular formula is C25H19N3O2S2. The lowest BCUT2D eigenvalue weighted by Crippen LogP contribution is -2.40. The first-order valence-corrected chi connectivity index (χ1v) is 11.8. The molecule has 3 heterocycles. The summed E-state index contributed by atoms with van der Waals surface area (Å²) in [6.45, 7) is 1.83. The average Bonchev–Trinajstić information content (AvgIpc) is 3.43. The molecule has 1 N–H and O–H groups in total. The molecule has 5 rings (SSSR count). The summed E-state index contributed by atoms with van der Waals surface area (Å²) in [6, 6.07) is 22.4. The predicted molar refractivity (Wildman–Crippen MR) is 130 cm³/mol. The lowest BCUT2D eigenvalue weighted by Gasteiger charge is -2.24. The number of thiophene rings is 1. The number of rotatable bonds is 4. The van der Waals surface area contributed by atoms with Crippen LogP contribution in [0.2, 0.25) is 0 Å². The largest absolute Gasteiger partial charge is 0.322 e. The fraction of sp³-hybridized carbons (Fsp3) is 0.0800. The molecule has 1 aliphatic heterocycles. The Morgan fingerprint density at radius 2 is 1.75 bits per heavy atom. The van der Waals surface area contributed by atoms with Gasteiger partial charge in [0.1, 0.15) is 6.04 Å². The van der Waals surface area contributed by atoms with Crippen LogP contribution in [-0.4, -0.2) is 10.5 Å². The van der Waals surface area contributed by atoms with E-state index in [4.69, 9.17) is 0 Å². The quantitative estimate of drug-likeness (QED) is 0.505. The highest BCUT2D eigenvalue weighted by Gasteiger charge is 2.33. The number of carbonyl (C=O) groups is 1. The zero-order valence-corrected chi connectivity index (χ0v) is 18.8. The first-order chi connectivity index (χ1) is 15.6. The van der Waals surface area contributed by atoms with Crippen LogP contribution < -0.4 is 20.2 Å². The maximum absolute atomic E-state index is 13.5. The van der Waals surface area contributed by atoms with Gasteiger partial charge >= 0.3 is 0 Å². The molecule has 0 bridgehead atoms. The minimum Gasteiger partial charge on any atom is -0.322 e. The van der Waals surface area contributed by atoms with E-state index >= 15 is 0 Å². The maximum Gasteiger partial charge on any atom is 0.271 e.